The van der Waals surface area contributed by atoms with Gasteiger partial charge in [0.25, 0.3) is 0 Å². The number of nitrogens with one attached hydrogen (secondary N) is 1. The molecule has 19 heavy (non-hydrogen) atoms. The standard InChI is InChI=1S/C15H25N3O/c16-7-1-2-8-17-13-14-3-5-15(6-4-14)18-9-11-19-12-10-18/h3-6,17H,1-2,7-13,16H2. The van der Waals surface area contributed by atoms with E-state index in [9.17, 15) is 0 Å². The molecular formula is C15H25N3O. The average Bonchev–Trinajstić information content (AvgIpc) is 2.49. The zero-order valence-corrected chi connectivity index (χ0v) is 11.6. The molecule has 2 rings (SSSR count). The van der Waals surface area contributed by atoms with E-state index >= 15 is 0 Å². The number of benzene rings is 1. The minimum atomic E-state index is 0.788. The van der Waals surface area contributed by atoms with Crippen LogP contribution < -0.4 is 16.0 Å². The average molecular weight is 263 g/mol. The monoisotopic (exact) mass is 263 g/mol. The molecule has 1 fully saturated rings. The van der Waals surface area contributed by atoms with Gasteiger partial charge in [-0.2, -0.15) is 0 Å². The molecule has 0 radical (unpaired) electrons. The second kappa shape index (κ2) is 8.15. The van der Waals surface area contributed by atoms with Crippen LogP contribution in [-0.4, -0.2) is 39.4 Å². The van der Waals surface area contributed by atoms with Gasteiger partial charge in [-0.15, -0.1) is 0 Å². The summed E-state index contributed by atoms with van der Waals surface area (Å²) in [4.78, 5) is 2.38. The minimum Gasteiger partial charge on any atom is -0.378 e. The molecule has 4 nitrogen and oxygen atoms in total. The Morgan fingerprint density at radius 2 is 1.84 bits per heavy atom. The maximum Gasteiger partial charge on any atom is 0.0642 e. The lowest BCUT2D eigenvalue weighted by atomic mass is 10.2. The van der Waals surface area contributed by atoms with Gasteiger partial charge in [-0.05, 0) is 43.6 Å². The van der Waals surface area contributed by atoms with Gasteiger partial charge in [0.1, 0.15) is 0 Å². The highest BCUT2D eigenvalue weighted by Crippen LogP contribution is 2.16. The third kappa shape index (κ3) is 4.82. The second-order valence-corrected chi connectivity index (χ2v) is 4.94. The first-order valence-corrected chi connectivity index (χ1v) is 7.22. The van der Waals surface area contributed by atoms with Crippen molar-refractivity contribution in [1.82, 2.24) is 5.32 Å². The molecule has 0 spiro atoms. The Kier molecular flexibility index (Phi) is 6.14. The van der Waals surface area contributed by atoms with Gasteiger partial charge < -0.3 is 20.7 Å². The number of hydrogen-bond acceptors (Lipinski definition) is 4. The molecule has 4 heteroatoms. The van der Waals surface area contributed by atoms with Crippen LogP contribution in [0.3, 0.4) is 0 Å². The largest absolute Gasteiger partial charge is 0.378 e. The van der Waals surface area contributed by atoms with Crippen LogP contribution in [0.15, 0.2) is 24.3 Å². The molecule has 3 N–H and O–H groups in total. The van der Waals surface area contributed by atoms with E-state index in [-0.39, 0.29) is 0 Å². The number of hydrogen-bond donors (Lipinski definition) is 2. The fraction of sp³-hybridized carbons (Fsp3) is 0.600. The number of nitrogens with zero attached hydrogens (tertiary/aromatic N) is 1. The minimum absolute atomic E-state index is 0.788. The molecule has 1 saturated heterocycles. The summed E-state index contributed by atoms with van der Waals surface area (Å²) in [7, 11) is 0. The first-order chi connectivity index (χ1) is 9.40. The Labute approximate surface area is 115 Å². The Balaban J connectivity index is 1.74. The van der Waals surface area contributed by atoms with Crippen molar-refractivity contribution in [3.8, 4) is 0 Å². The highest BCUT2D eigenvalue weighted by molar-refractivity contribution is 5.47. The van der Waals surface area contributed by atoms with Gasteiger partial charge in [0.05, 0.1) is 13.2 Å². The number of unbranched alkanes of at least 4 members (excludes halogenated alkanes) is 1. The van der Waals surface area contributed by atoms with E-state index in [2.05, 4.69) is 34.5 Å². The normalized spacial score (nSPS) is 15.7. The van der Waals surface area contributed by atoms with Crippen LogP contribution >= 0.6 is 0 Å². The van der Waals surface area contributed by atoms with Gasteiger partial charge in [0, 0.05) is 25.3 Å². The number of rotatable bonds is 7. The summed E-state index contributed by atoms with van der Waals surface area (Å²) < 4.78 is 5.37. The molecule has 0 atom stereocenters. The molecule has 0 amide bonds. The molecular weight excluding hydrogens is 238 g/mol. The van der Waals surface area contributed by atoms with Crippen LogP contribution in [0.5, 0.6) is 0 Å². The molecule has 1 heterocycles. The lowest BCUT2D eigenvalue weighted by Crippen LogP contribution is -2.36. The highest BCUT2D eigenvalue weighted by Gasteiger charge is 2.10. The summed E-state index contributed by atoms with van der Waals surface area (Å²) in [5.41, 5.74) is 8.11. The number of anilines is 1. The number of nitrogens with two attached hydrogens (primary N) is 1. The van der Waals surface area contributed by atoms with Crippen molar-refractivity contribution in [2.45, 2.75) is 19.4 Å². The van der Waals surface area contributed by atoms with E-state index in [0.717, 1.165) is 58.8 Å². The van der Waals surface area contributed by atoms with Crippen LogP contribution in [0.25, 0.3) is 0 Å². The quantitative estimate of drug-likeness (QED) is 0.729. The Hall–Kier alpha value is -1.10. The van der Waals surface area contributed by atoms with Crippen molar-refractivity contribution in [3.05, 3.63) is 29.8 Å². The molecule has 106 valence electrons. The maximum absolute atomic E-state index is 5.47. The zero-order valence-electron chi connectivity index (χ0n) is 11.6. The Bertz CT molecular complexity index is 347. The number of morpholine rings is 1. The first kappa shape index (κ1) is 14.3. The van der Waals surface area contributed by atoms with Crippen LogP contribution in [0.2, 0.25) is 0 Å². The number of ether oxygens (including phenoxy) is 1. The van der Waals surface area contributed by atoms with E-state index in [1.54, 1.807) is 0 Å². The third-order valence-corrected chi connectivity index (χ3v) is 3.45. The van der Waals surface area contributed by atoms with Gasteiger partial charge in [-0.3, -0.25) is 0 Å². The summed E-state index contributed by atoms with van der Waals surface area (Å²) >= 11 is 0. The molecule has 0 bridgehead atoms. The third-order valence-electron chi connectivity index (χ3n) is 3.45. The van der Waals surface area contributed by atoms with Crippen LogP contribution in [-0.2, 0) is 11.3 Å². The van der Waals surface area contributed by atoms with E-state index in [1.165, 1.54) is 11.3 Å². The van der Waals surface area contributed by atoms with Crippen molar-refractivity contribution in [2.24, 2.45) is 5.73 Å². The predicted octanol–water partition coefficient (Wildman–Crippen LogP) is 1.35. The SMILES string of the molecule is NCCCCNCc1ccc(N2CCOCC2)cc1. The molecule has 0 aliphatic carbocycles. The van der Waals surface area contributed by atoms with E-state index in [4.69, 9.17) is 10.5 Å². The van der Waals surface area contributed by atoms with Crippen LogP contribution in [0.4, 0.5) is 5.69 Å². The highest BCUT2D eigenvalue weighted by atomic mass is 16.5. The van der Waals surface area contributed by atoms with Crippen LogP contribution in [0.1, 0.15) is 18.4 Å². The van der Waals surface area contributed by atoms with Crippen LogP contribution in [0, 0.1) is 0 Å². The molecule has 1 aliphatic heterocycles. The van der Waals surface area contributed by atoms with Crippen molar-refractivity contribution in [1.29, 1.82) is 0 Å². The van der Waals surface area contributed by atoms with Gasteiger partial charge in [0.2, 0.25) is 0 Å². The fourth-order valence-corrected chi connectivity index (χ4v) is 2.27. The van der Waals surface area contributed by atoms with Gasteiger partial charge in [-0.25, -0.2) is 0 Å². The van der Waals surface area contributed by atoms with Crippen molar-refractivity contribution in [2.75, 3.05) is 44.3 Å². The van der Waals surface area contributed by atoms with Gasteiger partial charge in [-0.1, -0.05) is 12.1 Å². The van der Waals surface area contributed by atoms with Gasteiger partial charge >= 0.3 is 0 Å². The Morgan fingerprint density at radius 1 is 1.11 bits per heavy atom. The molecule has 0 unspecified atom stereocenters. The molecule has 1 aliphatic rings. The predicted molar refractivity (Wildman–Crippen MR) is 79.5 cm³/mol. The Morgan fingerprint density at radius 3 is 2.53 bits per heavy atom. The van der Waals surface area contributed by atoms with Crippen molar-refractivity contribution in [3.63, 3.8) is 0 Å². The lowest BCUT2D eigenvalue weighted by molar-refractivity contribution is 0.122. The summed E-state index contributed by atoms with van der Waals surface area (Å²) in [5, 5.41) is 3.45. The fourth-order valence-electron chi connectivity index (χ4n) is 2.27. The molecule has 1 aromatic carbocycles. The van der Waals surface area contributed by atoms with Crippen molar-refractivity contribution >= 4 is 5.69 Å². The summed E-state index contributed by atoms with van der Waals surface area (Å²) in [6.07, 6.45) is 2.26. The van der Waals surface area contributed by atoms with E-state index < -0.39 is 0 Å². The smallest absolute Gasteiger partial charge is 0.0642 e. The molecule has 1 aromatic rings. The maximum atomic E-state index is 5.47. The summed E-state index contributed by atoms with van der Waals surface area (Å²) in [6, 6.07) is 8.84. The van der Waals surface area contributed by atoms with E-state index in [1.807, 2.05) is 0 Å². The summed E-state index contributed by atoms with van der Waals surface area (Å²) in [5.74, 6) is 0. The second-order valence-electron chi connectivity index (χ2n) is 4.94. The topological polar surface area (TPSA) is 50.5 Å². The zero-order chi connectivity index (χ0) is 13.3. The molecule has 0 saturated carbocycles. The van der Waals surface area contributed by atoms with E-state index in [0.29, 0.717) is 0 Å². The molecule has 0 aromatic heterocycles. The lowest BCUT2D eigenvalue weighted by Gasteiger charge is -2.28. The van der Waals surface area contributed by atoms with Gasteiger partial charge in [0.15, 0.2) is 0 Å². The van der Waals surface area contributed by atoms with Crippen molar-refractivity contribution < 1.29 is 4.74 Å². The summed E-state index contributed by atoms with van der Waals surface area (Å²) in [6.45, 7) is 6.44. The first-order valence-electron chi connectivity index (χ1n) is 7.22.